The summed E-state index contributed by atoms with van der Waals surface area (Å²) in [5.41, 5.74) is 2.62. The highest BCUT2D eigenvalue weighted by molar-refractivity contribution is 9.10. The molecule has 1 atom stereocenters. The van der Waals surface area contributed by atoms with E-state index in [9.17, 15) is 0 Å². The first-order chi connectivity index (χ1) is 6.81. The van der Waals surface area contributed by atoms with Crippen LogP contribution < -0.4 is 5.32 Å². The average molecular weight is 256 g/mol. The molecule has 0 spiro atoms. The van der Waals surface area contributed by atoms with Gasteiger partial charge in [-0.15, -0.1) is 0 Å². The second kappa shape index (κ2) is 4.32. The Labute approximate surface area is 92.8 Å². The molecule has 0 saturated carbocycles. The monoisotopic (exact) mass is 255 g/mol. The first-order valence-corrected chi connectivity index (χ1v) is 5.63. The van der Waals surface area contributed by atoms with Gasteiger partial charge in [-0.2, -0.15) is 0 Å². The molecule has 0 radical (unpaired) electrons. The smallest absolute Gasteiger partial charge is 0.0532 e. The second-order valence-corrected chi connectivity index (χ2v) is 4.51. The summed E-state index contributed by atoms with van der Waals surface area (Å²) in [6.07, 6.45) is 1.16. The minimum atomic E-state index is 0.546. The summed E-state index contributed by atoms with van der Waals surface area (Å²) in [6, 6.07) is 6.40. The van der Waals surface area contributed by atoms with E-state index >= 15 is 0 Å². The van der Waals surface area contributed by atoms with Gasteiger partial charge in [0.15, 0.2) is 0 Å². The van der Waals surface area contributed by atoms with Crippen LogP contribution in [0, 0.1) is 0 Å². The van der Waals surface area contributed by atoms with E-state index in [2.05, 4.69) is 39.4 Å². The maximum atomic E-state index is 5.23. The van der Waals surface area contributed by atoms with E-state index < -0.39 is 0 Å². The molecule has 0 amide bonds. The Balaban J connectivity index is 2.30. The van der Waals surface area contributed by atoms with E-state index in [1.165, 1.54) is 11.3 Å². The summed E-state index contributed by atoms with van der Waals surface area (Å²) in [5.74, 6) is 0.546. The maximum absolute atomic E-state index is 5.23. The van der Waals surface area contributed by atoms with E-state index in [1.807, 2.05) is 0 Å². The van der Waals surface area contributed by atoms with Gasteiger partial charge in [0.1, 0.15) is 0 Å². The summed E-state index contributed by atoms with van der Waals surface area (Å²) < 4.78 is 6.36. The molecule has 1 unspecified atom stereocenters. The predicted molar refractivity (Wildman–Crippen MR) is 61.9 cm³/mol. The number of hydrogen-bond donors (Lipinski definition) is 1. The normalized spacial score (nSPS) is 20.0. The molecule has 1 aliphatic heterocycles. The van der Waals surface area contributed by atoms with Crippen LogP contribution in [0.3, 0.4) is 0 Å². The summed E-state index contributed by atoms with van der Waals surface area (Å²) in [6.45, 7) is 1.85. The summed E-state index contributed by atoms with van der Waals surface area (Å²) >= 11 is 3.48. The van der Waals surface area contributed by atoms with Crippen molar-refractivity contribution < 1.29 is 4.74 Å². The van der Waals surface area contributed by atoms with Crippen molar-refractivity contribution in [2.24, 2.45) is 0 Å². The molecule has 2 rings (SSSR count). The van der Waals surface area contributed by atoms with Crippen LogP contribution in [-0.2, 0) is 4.74 Å². The van der Waals surface area contributed by atoms with Crippen molar-refractivity contribution in [1.82, 2.24) is 0 Å². The van der Waals surface area contributed by atoms with Crippen molar-refractivity contribution in [1.29, 1.82) is 0 Å². The molecule has 2 nitrogen and oxygen atoms in total. The lowest BCUT2D eigenvalue weighted by molar-refractivity contribution is 0.176. The third kappa shape index (κ3) is 1.93. The highest BCUT2D eigenvalue weighted by Crippen LogP contribution is 2.33. The van der Waals surface area contributed by atoms with Crippen molar-refractivity contribution in [3.63, 3.8) is 0 Å². The van der Waals surface area contributed by atoms with Gasteiger partial charge >= 0.3 is 0 Å². The van der Waals surface area contributed by atoms with Gasteiger partial charge in [-0.05, 0) is 24.1 Å². The second-order valence-electron chi connectivity index (χ2n) is 3.60. The molecule has 0 aliphatic carbocycles. The highest BCUT2D eigenvalue weighted by Gasteiger charge is 2.19. The van der Waals surface area contributed by atoms with E-state index in [0.717, 1.165) is 24.0 Å². The average Bonchev–Trinajstić information content (AvgIpc) is 2.18. The van der Waals surface area contributed by atoms with Gasteiger partial charge in [-0.25, -0.2) is 0 Å². The van der Waals surface area contributed by atoms with Gasteiger partial charge in [0.2, 0.25) is 0 Å². The van der Waals surface area contributed by atoms with E-state index in [1.54, 1.807) is 7.11 Å². The number of methoxy groups -OCH3 is 1. The van der Waals surface area contributed by atoms with Gasteiger partial charge in [0, 0.05) is 29.7 Å². The Bertz CT molecular complexity index is 327. The van der Waals surface area contributed by atoms with Crippen molar-refractivity contribution >= 4 is 21.6 Å². The molecule has 1 heterocycles. The Hall–Kier alpha value is -0.540. The molecule has 0 saturated heterocycles. The van der Waals surface area contributed by atoms with Crippen LogP contribution in [-0.4, -0.2) is 20.3 Å². The van der Waals surface area contributed by atoms with Crippen LogP contribution >= 0.6 is 15.9 Å². The minimum Gasteiger partial charge on any atom is -0.385 e. The lowest BCUT2D eigenvalue weighted by Crippen LogP contribution is -2.19. The number of benzene rings is 1. The van der Waals surface area contributed by atoms with Gasteiger partial charge in [0.05, 0.1) is 6.61 Å². The predicted octanol–water partition coefficient (Wildman–Crippen LogP) is 2.99. The van der Waals surface area contributed by atoms with Crippen molar-refractivity contribution in [3.8, 4) is 0 Å². The van der Waals surface area contributed by atoms with Crippen molar-refractivity contribution in [2.45, 2.75) is 12.3 Å². The molecule has 1 aromatic rings. The number of rotatable bonds is 2. The van der Waals surface area contributed by atoms with Crippen LogP contribution in [0.25, 0.3) is 0 Å². The topological polar surface area (TPSA) is 21.3 Å². The molecule has 1 aromatic carbocycles. The van der Waals surface area contributed by atoms with Crippen LogP contribution in [0.4, 0.5) is 5.69 Å². The lowest BCUT2D eigenvalue weighted by atomic mass is 9.92. The molecule has 1 aliphatic rings. The lowest BCUT2D eigenvalue weighted by Gasteiger charge is -2.26. The maximum Gasteiger partial charge on any atom is 0.0532 e. The molecule has 3 heteroatoms. The first kappa shape index (κ1) is 9.99. The number of anilines is 1. The van der Waals surface area contributed by atoms with Crippen molar-refractivity contribution in [2.75, 3.05) is 25.6 Å². The molecule has 1 N–H and O–H groups in total. The zero-order chi connectivity index (χ0) is 9.97. The third-order valence-electron chi connectivity index (χ3n) is 2.63. The molecule has 0 fully saturated rings. The van der Waals surface area contributed by atoms with Crippen LogP contribution in [0.1, 0.15) is 17.9 Å². The Morgan fingerprint density at radius 1 is 1.57 bits per heavy atom. The number of halogens is 1. The van der Waals surface area contributed by atoms with E-state index in [4.69, 9.17) is 4.74 Å². The minimum absolute atomic E-state index is 0.546. The largest absolute Gasteiger partial charge is 0.385 e. The molecule has 0 bridgehead atoms. The Morgan fingerprint density at radius 2 is 2.43 bits per heavy atom. The SMILES string of the molecule is COCC1CCNc2cc(Br)ccc21. The highest BCUT2D eigenvalue weighted by atomic mass is 79.9. The molecule has 76 valence electrons. The zero-order valence-corrected chi connectivity index (χ0v) is 9.80. The molecule has 14 heavy (non-hydrogen) atoms. The number of fused-ring (bicyclic) bond motifs is 1. The number of ether oxygens (including phenoxy) is 1. The third-order valence-corrected chi connectivity index (χ3v) is 3.12. The van der Waals surface area contributed by atoms with Gasteiger partial charge in [0.25, 0.3) is 0 Å². The van der Waals surface area contributed by atoms with Gasteiger partial charge in [-0.1, -0.05) is 22.0 Å². The fourth-order valence-electron chi connectivity index (χ4n) is 1.95. The fraction of sp³-hybridized carbons (Fsp3) is 0.455. The van der Waals surface area contributed by atoms with Crippen LogP contribution in [0.5, 0.6) is 0 Å². The fourth-order valence-corrected chi connectivity index (χ4v) is 2.31. The zero-order valence-electron chi connectivity index (χ0n) is 8.22. The van der Waals surface area contributed by atoms with Crippen molar-refractivity contribution in [3.05, 3.63) is 28.2 Å². The Morgan fingerprint density at radius 3 is 3.21 bits per heavy atom. The van der Waals surface area contributed by atoms with E-state index in [-0.39, 0.29) is 0 Å². The van der Waals surface area contributed by atoms with Crippen LogP contribution in [0.15, 0.2) is 22.7 Å². The Kier molecular flexibility index (Phi) is 3.08. The molecular weight excluding hydrogens is 242 g/mol. The number of hydrogen-bond acceptors (Lipinski definition) is 2. The summed E-state index contributed by atoms with van der Waals surface area (Å²) in [7, 11) is 1.76. The molecule has 0 aromatic heterocycles. The van der Waals surface area contributed by atoms with Crippen LogP contribution in [0.2, 0.25) is 0 Å². The summed E-state index contributed by atoms with van der Waals surface area (Å²) in [4.78, 5) is 0. The van der Waals surface area contributed by atoms with Gasteiger partial charge in [-0.3, -0.25) is 0 Å². The standard InChI is InChI=1S/C11H14BrNO/c1-14-7-8-4-5-13-11-6-9(12)2-3-10(8)11/h2-3,6,8,13H,4-5,7H2,1H3. The summed E-state index contributed by atoms with van der Waals surface area (Å²) in [5, 5.41) is 3.41. The van der Waals surface area contributed by atoms with E-state index in [0.29, 0.717) is 5.92 Å². The number of nitrogens with one attached hydrogen (secondary N) is 1. The molecular formula is C11H14BrNO. The first-order valence-electron chi connectivity index (χ1n) is 4.83. The quantitative estimate of drug-likeness (QED) is 0.878. The van der Waals surface area contributed by atoms with Gasteiger partial charge < -0.3 is 10.1 Å².